The molecular weight excluding hydrogens is 382 g/mol. The predicted octanol–water partition coefficient (Wildman–Crippen LogP) is 2.98. The van der Waals surface area contributed by atoms with Gasteiger partial charge < -0.3 is 5.32 Å². The van der Waals surface area contributed by atoms with Gasteiger partial charge in [-0.3, -0.25) is 29.4 Å². The average Bonchev–Trinajstić information content (AvgIpc) is 2.99. The van der Waals surface area contributed by atoms with Gasteiger partial charge >= 0.3 is 0 Å². The highest BCUT2D eigenvalue weighted by Crippen LogP contribution is 2.34. The summed E-state index contributed by atoms with van der Waals surface area (Å²) in [6.45, 7) is 0. The van der Waals surface area contributed by atoms with Crippen molar-refractivity contribution in [3.05, 3.63) is 71.8 Å². The Labute approximate surface area is 171 Å². The molecule has 30 heavy (non-hydrogen) atoms. The van der Waals surface area contributed by atoms with E-state index in [9.17, 15) is 19.2 Å². The van der Waals surface area contributed by atoms with Crippen LogP contribution in [0.5, 0.6) is 0 Å². The van der Waals surface area contributed by atoms with Crippen molar-refractivity contribution in [2.75, 3.05) is 5.32 Å². The lowest BCUT2D eigenvalue weighted by atomic mass is 10.0. The van der Waals surface area contributed by atoms with Crippen LogP contribution in [-0.4, -0.2) is 34.6 Å². The van der Waals surface area contributed by atoms with Crippen molar-refractivity contribution in [1.82, 2.24) is 10.2 Å². The Balaban J connectivity index is 1.50. The minimum atomic E-state index is -0.983. The van der Waals surface area contributed by atoms with E-state index in [1.165, 1.54) is 0 Å². The monoisotopic (exact) mass is 399 g/mol. The summed E-state index contributed by atoms with van der Waals surface area (Å²) in [5.41, 5.74) is 1.76. The van der Waals surface area contributed by atoms with Crippen LogP contribution in [0, 0.1) is 0 Å². The standard InChI is InChI=1S/C23H17N3O4/c27-19-11-10-18(21(28)25-19)26-22(29)16-6-3-7-17(20(16)23(26)30)24-15-9-8-13-4-1-2-5-14(13)12-15/h1-9,12,18,24H,10-11H2,(H,25,27,28). The first-order valence-corrected chi connectivity index (χ1v) is 9.63. The lowest BCUT2D eigenvalue weighted by molar-refractivity contribution is -0.136. The predicted molar refractivity (Wildman–Crippen MR) is 110 cm³/mol. The van der Waals surface area contributed by atoms with E-state index in [-0.39, 0.29) is 24.0 Å². The number of carbonyl (C=O) groups is 4. The number of piperidine rings is 1. The molecule has 1 saturated heterocycles. The summed E-state index contributed by atoms with van der Waals surface area (Å²) in [7, 11) is 0. The van der Waals surface area contributed by atoms with Gasteiger partial charge in [0, 0.05) is 12.1 Å². The lowest BCUT2D eigenvalue weighted by Gasteiger charge is -2.27. The molecular formula is C23H17N3O4. The topological polar surface area (TPSA) is 95.6 Å². The van der Waals surface area contributed by atoms with Crippen LogP contribution in [0.2, 0.25) is 0 Å². The zero-order valence-corrected chi connectivity index (χ0v) is 15.8. The maximum Gasteiger partial charge on any atom is 0.264 e. The highest BCUT2D eigenvalue weighted by atomic mass is 16.2. The Hall–Kier alpha value is -4.00. The van der Waals surface area contributed by atoms with Gasteiger partial charge in [-0.05, 0) is 41.5 Å². The van der Waals surface area contributed by atoms with Crippen LogP contribution >= 0.6 is 0 Å². The van der Waals surface area contributed by atoms with Gasteiger partial charge in [0.15, 0.2) is 0 Å². The van der Waals surface area contributed by atoms with Gasteiger partial charge in [-0.1, -0.05) is 36.4 Å². The number of hydrogen-bond donors (Lipinski definition) is 2. The van der Waals surface area contributed by atoms with Crippen molar-refractivity contribution in [1.29, 1.82) is 0 Å². The zero-order chi connectivity index (χ0) is 20.8. The Morgan fingerprint density at radius 3 is 2.47 bits per heavy atom. The fraction of sp³-hybridized carbons (Fsp3) is 0.130. The highest BCUT2D eigenvalue weighted by molar-refractivity contribution is 6.25. The molecule has 0 aliphatic carbocycles. The number of rotatable bonds is 3. The third-order valence-electron chi connectivity index (χ3n) is 5.50. The summed E-state index contributed by atoms with van der Waals surface area (Å²) in [5, 5.41) is 7.58. The van der Waals surface area contributed by atoms with Gasteiger partial charge in [0.2, 0.25) is 11.8 Å². The molecule has 5 rings (SSSR count). The molecule has 0 spiro atoms. The van der Waals surface area contributed by atoms with Crippen molar-refractivity contribution in [2.45, 2.75) is 18.9 Å². The van der Waals surface area contributed by atoms with Crippen LogP contribution < -0.4 is 10.6 Å². The second-order valence-electron chi connectivity index (χ2n) is 7.36. The summed E-state index contributed by atoms with van der Waals surface area (Å²) in [5.74, 6) is -2.07. The van der Waals surface area contributed by atoms with Crippen LogP contribution in [-0.2, 0) is 9.59 Å². The summed E-state index contributed by atoms with van der Waals surface area (Å²) in [6, 6.07) is 17.8. The lowest BCUT2D eigenvalue weighted by Crippen LogP contribution is -2.54. The number of anilines is 2. The minimum Gasteiger partial charge on any atom is -0.355 e. The van der Waals surface area contributed by atoms with E-state index in [4.69, 9.17) is 0 Å². The molecule has 2 aliphatic heterocycles. The Morgan fingerprint density at radius 2 is 1.67 bits per heavy atom. The Kier molecular flexibility index (Phi) is 4.10. The summed E-state index contributed by atoms with van der Waals surface area (Å²) in [4.78, 5) is 50.7. The van der Waals surface area contributed by atoms with Crippen LogP contribution in [0.4, 0.5) is 11.4 Å². The molecule has 0 saturated carbocycles. The van der Waals surface area contributed by atoms with Crippen molar-refractivity contribution < 1.29 is 19.2 Å². The minimum absolute atomic E-state index is 0.0893. The average molecular weight is 399 g/mol. The maximum absolute atomic E-state index is 13.2. The first-order chi connectivity index (χ1) is 14.5. The van der Waals surface area contributed by atoms with E-state index in [1.807, 2.05) is 42.5 Å². The van der Waals surface area contributed by atoms with E-state index < -0.39 is 29.7 Å². The van der Waals surface area contributed by atoms with Gasteiger partial charge in [-0.2, -0.15) is 0 Å². The number of nitrogens with zero attached hydrogens (tertiary/aromatic N) is 1. The van der Waals surface area contributed by atoms with Crippen molar-refractivity contribution in [2.24, 2.45) is 0 Å². The number of fused-ring (bicyclic) bond motifs is 2. The summed E-state index contributed by atoms with van der Waals surface area (Å²) < 4.78 is 0. The van der Waals surface area contributed by atoms with E-state index >= 15 is 0 Å². The van der Waals surface area contributed by atoms with Gasteiger partial charge in [-0.25, -0.2) is 0 Å². The van der Waals surface area contributed by atoms with Gasteiger partial charge in [0.1, 0.15) is 6.04 Å². The Bertz CT molecular complexity index is 1250. The fourth-order valence-corrected chi connectivity index (χ4v) is 4.04. The molecule has 0 radical (unpaired) electrons. The van der Waals surface area contributed by atoms with Gasteiger partial charge in [0.05, 0.1) is 16.8 Å². The van der Waals surface area contributed by atoms with Crippen LogP contribution in [0.25, 0.3) is 10.8 Å². The molecule has 7 heteroatoms. The molecule has 3 aromatic carbocycles. The number of carbonyl (C=O) groups excluding carboxylic acids is 4. The third-order valence-corrected chi connectivity index (χ3v) is 5.50. The molecule has 0 aromatic heterocycles. The number of imide groups is 2. The number of nitrogens with one attached hydrogen (secondary N) is 2. The van der Waals surface area contributed by atoms with Gasteiger partial charge in [0.25, 0.3) is 11.8 Å². The van der Waals surface area contributed by atoms with Crippen LogP contribution in [0.15, 0.2) is 60.7 Å². The number of benzene rings is 3. The SMILES string of the molecule is O=C1CCC(N2C(=O)c3cccc(Nc4ccc5ccccc5c4)c3C2=O)C(=O)N1. The van der Waals surface area contributed by atoms with Crippen molar-refractivity contribution >= 4 is 45.8 Å². The second kappa shape index (κ2) is 6.81. The molecule has 1 fully saturated rings. The molecule has 7 nitrogen and oxygen atoms in total. The molecule has 2 heterocycles. The summed E-state index contributed by atoms with van der Waals surface area (Å²) >= 11 is 0. The van der Waals surface area contributed by atoms with E-state index in [2.05, 4.69) is 10.6 Å². The normalized spacial score (nSPS) is 18.5. The zero-order valence-electron chi connectivity index (χ0n) is 15.8. The van der Waals surface area contributed by atoms with E-state index in [0.717, 1.165) is 21.4 Å². The largest absolute Gasteiger partial charge is 0.355 e. The fourth-order valence-electron chi connectivity index (χ4n) is 4.04. The van der Waals surface area contributed by atoms with Crippen molar-refractivity contribution in [3.63, 3.8) is 0 Å². The first kappa shape index (κ1) is 18.1. The maximum atomic E-state index is 13.2. The molecule has 0 bridgehead atoms. The third kappa shape index (κ3) is 2.83. The summed E-state index contributed by atoms with van der Waals surface area (Å²) in [6.07, 6.45) is 0.218. The van der Waals surface area contributed by atoms with Crippen LogP contribution in [0.1, 0.15) is 33.6 Å². The number of hydrogen-bond acceptors (Lipinski definition) is 5. The molecule has 1 atom stereocenters. The molecule has 3 aromatic rings. The second-order valence-corrected chi connectivity index (χ2v) is 7.36. The molecule has 4 amide bonds. The Morgan fingerprint density at radius 1 is 0.867 bits per heavy atom. The smallest absolute Gasteiger partial charge is 0.264 e. The molecule has 2 aliphatic rings. The number of amides is 4. The first-order valence-electron chi connectivity index (χ1n) is 9.63. The molecule has 1 unspecified atom stereocenters. The quantitative estimate of drug-likeness (QED) is 0.660. The molecule has 2 N–H and O–H groups in total. The molecule has 148 valence electrons. The van der Waals surface area contributed by atoms with Crippen molar-refractivity contribution in [3.8, 4) is 0 Å². The van der Waals surface area contributed by atoms with E-state index in [0.29, 0.717) is 5.69 Å². The van der Waals surface area contributed by atoms with Crippen LogP contribution in [0.3, 0.4) is 0 Å². The van der Waals surface area contributed by atoms with E-state index in [1.54, 1.807) is 18.2 Å². The highest BCUT2D eigenvalue weighted by Gasteiger charge is 2.45. The van der Waals surface area contributed by atoms with Gasteiger partial charge in [-0.15, -0.1) is 0 Å².